The van der Waals surface area contributed by atoms with Crippen LogP contribution in [0.4, 0.5) is 0 Å². The van der Waals surface area contributed by atoms with Crippen LogP contribution in [0.5, 0.6) is 11.5 Å². The molecule has 1 aromatic rings. The van der Waals surface area contributed by atoms with Crippen molar-refractivity contribution in [3.63, 3.8) is 0 Å². The average molecular weight is 607 g/mol. The topological polar surface area (TPSA) is 65.6 Å². The summed E-state index contributed by atoms with van der Waals surface area (Å²) in [6.07, 6.45) is 13.1. The monoisotopic (exact) mass is 606 g/mol. The van der Waals surface area contributed by atoms with E-state index in [-0.39, 0.29) is 30.9 Å². The van der Waals surface area contributed by atoms with Gasteiger partial charge in [-0.3, -0.25) is 29.2 Å². The highest BCUT2D eigenvalue weighted by Crippen LogP contribution is 2.43. The van der Waals surface area contributed by atoms with Gasteiger partial charge in [-0.2, -0.15) is 0 Å². The number of carbonyl (C=O) groups excluding carboxylic acids is 2. The van der Waals surface area contributed by atoms with Crippen LogP contribution < -0.4 is 9.47 Å². The Balaban J connectivity index is 0.00000123. The molecule has 0 radical (unpaired) electrons. The molecule has 8 nitrogen and oxygen atoms in total. The first-order chi connectivity index (χ1) is 21.4. The number of esters is 2. The number of piperazine rings is 2. The Labute approximate surface area is 265 Å². The molecule has 5 aliphatic rings. The van der Waals surface area contributed by atoms with Gasteiger partial charge >= 0.3 is 11.9 Å². The van der Waals surface area contributed by atoms with Crippen molar-refractivity contribution < 1.29 is 19.1 Å². The second kappa shape index (κ2) is 15.7. The average Bonchev–Trinajstić information content (AvgIpc) is 3.92. The highest BCUT2D eigenvalue weighted by Gasteiger charge is 2.33. The third-order valence-electron chi connectivity index (χ3n) is 9.61. The van der Waals surface area contributed by atoms with Crippen LogP contribution in [0.15, 0.2) is 36.4 Å². The molecule has 0 aromatic heterocycles. The Bertz CT molecular complexity index is 1110. The van der Waals surface area contributed by atoms with Crippen LogP contribution in [-0.4, -0.2) is 109 Å². The number of ether oxygens (including phenoxy) is 2. The molecule has 1 atom stereocenters. The number of benzene rings is 1. The summed E-state index contributed by atoms with van der Waals surface area (Å²) in [5.74, 6) is 0.707. The summed E-state index contributed by atoms with van der Waals surface area (Å²) in [5.41, 5.74) is 3.18. The molecular formula is C36H54N4O4. The van der Waals surface area contributed by atoms with E-state index in [0.29, 0.717) is 11.5 Å². The molecule has 6 rings (SSSR count). The van der Waals surface area contributed by atoms with Gasteiger partial charge in [-0.1, -0.05) is 24.6 Å². The van der Waals surface area contributed by atoms with Crippen LogP contribution in [-0.2, 0) is 16.0 Å². The molecule has 44 heavy (non-hydrogen) atoms. The zero-order valence-electron chi connectivity index (χ0n) is 27.4. The molecule has 242 valence electrons. The van der Waals surface area contributed by atoms with Crippen molar-refractivity contribution in [2.24, 2.45) is 0 Å². The molecule has 4 fully saturated rings. The molecule has 1 unspecified atom stereocenters. The van der Waals surface area contributed by atoms with Crippen LogP contribution in [0, 0.1) is 0 Å². The predicted molar refractivity (Wildman–Crippen MR) is 175 cm³/mol. The van der Waals surface area contributed by atoms with Crippen molar-refractivity contribution >= 4 is 11.9 Å². The lowest BCUT2D eigenvalue weighted by molar-refractivity contribution is -0.136. The molecule has 2 aliphatic heterocycles. The lowest BCUT2D eigenvalue weighted by atomic mass is 9.84. The van der Waals surface area contributed by atoms with E-state index in [9.17, 15) is 9.59 Å². The van der Waals surface area contributed by atoms with Gasteiger partial charge < -0.3 is 9.47 Å². The molecule has 2 saturated carbocycles. The molecule has 0 N–H and O–H groups in total. The number of nitrogens with zero attached hydrogens (tertiary/aromatic N) is 4. The largest absolute Gasteiger partial charge is 0.425 e. The fourth-order valence-corrected chi connectivity index (χ4v) is 6.86. The van der Waals surface area contributed by atoms with Crippen LogP contribution in [0.25, 0.3) is 0 Å². The molecule has 2 saturated heterocycles. The van der Waals surface area contributed by atoms with Gasteiger partial charge in [0.05, 0.1) is 13.1 Å². The maximum atomic E-state index is 13.3. The second-order valence-electron chi connectivity index (χ2n) is 13.3. The maximum Gasteiger partial charge on any atom is 0.325 e. The van der Waals surface area contributed by atoms with E-state index in [2.05, 4.69) is 46.1 Å². The summed E-state index contributed by atoms with van der Waals surface area (Å²) in [6, 6.07) is 5.52. The van der Waals surface area contributed by atoms with E-state index in [1.807, 2.05) is 19.1 Å². The van der Waals surface area contributed by atoms with E-state index in [4.69, 9.17) is 9.47 Å². The van der Waals surface area contributed by atoms with E-state index in [1.54, 1.807) is 6.08 Å². The summed E-state index contributed by atoms with van der Waals surface area (Å²) >= 11 is 0. The van der Waals surface area contributed by atoms with Gasteiger partial charge in [-0.05, 0) is 82.9 Å². The minimum Gasteiger partial charge on any atom is -0.425 e. The Morgan fingerprint density at radius 1 is 0.818 bits per heavy atom. The number of allylic oxidation sites excluding steroid dienone is 3. The lowest BCUT2D eigenvalue weighted by Gasteiger charge is -2.34. The second-order valence-corrected chi connectivity index (χ2v) is 13.3. The van der Waals surface area contributed by atoms with Crippen molar-refractivity contribution in [3.8, 4) is 11.5 Å². The fraction of sp³-hybridized carbons (Fsp3) is 0.667. The molecule has 2 heterocycles. The highest BCUT2D eigenvalue weighted by atomic mass is 16.5. The minimum absolute atomic E-state index is 0.0597. The summed E-state index contributed by atoms with van der Waals surface area (Å²) in [6.45, 7) is 17.8. The number of carbonyl (C=O) groups is 2. The quantitative estimate of drug-likeness (QED) is 0.209. The molecule has 0 bridgehead atoms. The van der Waals surface area contributed by atoms with Crippen molar-refractivity contribution in [3.05, 3.63) is 47.6 Å². The first-order valence-electron chi connectivity index (χ1n) is 17.1. The van der Waals surface area contributed by atoms with Gasteiger partial charge in [0.1, 0.15) is 11.5 Å². The van der Waals surface area contributed by atoms with Crippen molar-refractivity contribution in [2.45, 2.75) is 90.1 Å². The third kappa shape index (κ3) is 9.25. The van der Waals surface area contributed by atoms with Gasteiger partial charge in [0.2, 0.25) is 0 Å². The SMILES string of the molecule is C=CC.CCc1cc(OC(=O)CN2CCN(C3CC3)CC2)c(C2C=C(C)CCC2)c(OC(=O)CN2CCN(C3CC3)CC2)c1. The molecule has 1 aromatic carbocycles. The predicted octanol–water partition coefficient (Wildman–Crippen LogP) is 5.03. The minimum atomic E-state index is -0.235. The maximum absolute atomic E-state index is 13.3. The number of rotatable bonds is 10. The van der Waals surface area contributed by atoms with E-state index in [0.717, 1.165) is 101 Å². The number of hydrogen-bond donors (Lipinski definition) is 0. The fourth-order valence-electron chi connectivity index (χ4n) is 6.86. The normalized spacial score (nSPS) is 23.7. The Kier molecular flexibility index (Phi) is 11.7. The zero-order valence-corrected chi connectivity index (χ0v) is 27.4. The highest BCUT2D eigenvalue weighted by molar-refractivity contribution is 5.78. The summed E-state index contributed by atoms with van der Waals surface area (Å²) < 4.78 is 12.3. The van der Waals surface area contributed by atoms with Crippen LogP contribution >= 0.6 is 0 Å². The van der Waals surface area contributed by atoms with Gasteiger partial charge in [0.25, 0.3) is 0 Å². The number of hydrogen-bond acceptors (Lipinski definition) is 8. The summed E-state index contributed by atoms with van der Waals surface area (Å²) in [7, 11) is 0. The van der Waals surface area contributed by atoms with Crippen molar-refractivity contribution in [2.75, 3.05) is 65.4 Å². The molecule has 3 aliphatic carbocycles. The van der Waals surface area contributed by atoms with Gasteiger partial charge in [-0.15, -0.1) is 6.58 Å². The molecule has 8 heteroatoms. The molecular weight excluding hydrogens is 552 g/mol. The Morgan fingerprint density at radius 2 is 1.27 bits per heavy atom. The van der Waals surface area contributed by atoms with Gasteiger partial charge in [0.15, 0.2) is 0 Å². The molecule has 0 amide bonds. The van der Waals surface area contributed by atoms with Crippen LogP contribution in [0.3, 0.4) is 0 Å². The summed E-state index contributed by atoms with van der Waals surface area (Å²) in [4.78, 5) is 36.1. The lowest BCUT2D eigenvalue weighted by Crippen LogP contribution is -2.49. The van der Waals surface area contributed by atoms with E-state index >= 15 is 0 Å². The summed E-state index contributed by atoms with van der Waals surface area (Å²) in [5, 5.41) is 0. The first-order valence-corrected chi connectivity index (χ1v) is 17.1. The first kappa shape index (κ1) is 32.9. The molecule has 0 spiro atoms. The van der Waals surface area contributed by atoms with Crippen LogP contribution in [0.1, 0.15) is 82.8 Å². The van der Waals surface area contributed by atoms with E-state index < -0.39 is 0 Å². The van der Waals surface area contributed by atoms with Gasteiger partial charge in [-0.25, -0.2) is 0 Å². The Morgan fingerprint density at radius 3 is 1.66 bits per heavy atom. The van der Waals surface area contributed by atoms with Gasteiger partial charge in [0, 0.05) is 75.9 Å². The van der Waals surface area contributed by atoms with E-state index in [1.165, 1.54) is 31.3 Å². The zero-order chi connectivity index (χ0) is 31.1. The smallest absolute Gasteiger partial charge is 0.325 e. The standard InChI is InChI=1S/C33H48N4O4.C3H6/c1-3-25-20-29(40-31(38)22-34-11-15-36(16-12-34)27-7-8-27)33(26-6-4-5-24(2)19-26)30(21-25)41-32(39)23-35-13-17-37(18-14-35)28-9-10-28;1-3-2/h19-21,26-28H,3-18,22-23H2,1-2H3;3H,1H2,2H3. The van der Waals surface area contributed by atoms with Crippen LogP contribution in [0.2, 0.25) is 0 Å². The Hall–Kier alpha value is -2.52. The number of aryl methyl sites for hydroxylation is 1. The van der Waals surface area contributed by atoms with Crippen molar-refractivity contribution in [1.82, 2.24) is 19.6 Å². The van der Waals surface area contributed by atoms with Crippen molar-refractivity contribution in [1.29, 1.82) is 0 Å². The third-order valence-corrected chi connectivity index (χ3v) is 9.61.